The Balaban J connectivity index is 3.02. The van der Waals surface area contributed by atoms with E-state index in [2.05, 4.69) is 9.97 Å². The summed E-state index contributed by atoms with van der Waals surface area (Å²) in [5, 5.41) is 8.84. The number of nitrogens with two attached hydrogens (primary N) is 1. The second kappa shape index (κ2) is 4.59. The number of aromatic carboxylic acids is 1. The van der Waals surface area contributed by atoms with Crippen LogP contribution in [0, 0.1) is 0 Å². The quantitative estimate of drug-likeness (QED) is 0.768. The Morgan fingerprint density at radius 1 is 1.73 bits per heavy atom. The van der Waals surface area contributed by atoms with E-state index in [-0.39, 0.29) is 23.5 Å². The minimum Gasteiger partial charge on any atom is -0.477 e. The second-order valence-electron chi connectivity index (χ2n) is 3.09. The summed E-state index contributed by atoms with van der Waals surface area (Å²) in [5.41, 5.74) is 5.27. The zero-order valence-electron chi connectivity index (χ0n) is 8.60. The maximum atomic E-state index is 10.8. The number of aromatic nitrogens is 2. The Kier molecular flexibility index (Phi) is 3.43. The number of rotatable bonds is 4. The summed E-state index contributed by atoms with van der Waals surface area (Å²) in [6.07, 6.45) is 1.78. The first kappa shape index (κ1) is 11.2. The van der Waals surface area contributed by atoms with Crippen molar-refractivity contribution in [1.29, 1.82) is 0 Å². The lowest BCUT2D eigenvalue weighted by molar-refractivity contribution is 0.0687. The fourth-order valence-corrected chi connectivity index (χ4v) is 0.889. The number of anilines is 1. The SMILES string of the molecule is CCC(C)Oc1nc(N)ncc1C(=O)O. The van der Waals surface area contributed by atoms with Crippen LogP contribution < -0.4 is 10.5 Å². The smallest absolute Gasteiger partial charge is 0.342 e. The monoisotopic (exact) mass is 211 g/mol. The van der Waals surface area contributed by atoms with E-state index in [0.29, 0.717) is 0 Å². The molecule has 1 unspecified atom stereocenters. The first-order valence-electron chi connectivity index (χ1n) is 4.57. The average molecular weight is 211 g/mol. The first-order chi connectivity index (χ1) is 7.04. The lowest BCUT2D eigenvalue weighted by Crippen LogP contribution is -2.15. The molecule has 0 amide bonds. The van der Waals surface area contributed by atoms with Gasteiger partial charge in [-0.15, -0.1) is 0 Å². The Morgan fingerprint density at radius 3 is 2.93 bits per heavy atom. The van der Waals surface area contributed by atoms with Gasteiger partial charge in [-0.25, -0.2) is 9.78 Å². The van der Waals surface area contributed by atoms with Crippen molar-refractivity contribution < 1.29 is 14.6 Å². The number of hydrogen-bond acceptors (Lipinski definition) is 5. The molecule has 0 radical (unpaired) electrons. The topological polar surface area (TPSA) is 98.3 Å². The van der Waals surface area contributed by atoms with Gasteiger partial charge in [-0.3, -0.25) is 0 Å². The van der Waals surface area contributed by atoms with Crippen molar-refractivity contribution >= 4 is 11.9 Å². The van der Waals surface area contributed by atoms with Crippen LogP contribution in [0.25, 0.3) is 0 Å². The second-order valence-corrected chi connectivity index (χ2v) is 3.09. The Labute approximate surface area is 87.1 Å². The molecule has 0 bridgehead atoms. The molecule has 0 aromatic carbocycles. The highest BCUT2D eigenvalue weighted by Gasteiger charge is 2.15. The van der Waals surface area contributed by atoms with Crippen molar-refractivity contribution in [3.63, 3.8) is 0 Å². The molecule has 6 nitrogen and oxygen atoms in total. The minimum atomic E-state index is -1.13. The molecule has 3 N–H and O–H groups in total. The predicted molar refractivity (Wildman–Crippen MR) is 53.8 cm³/mol. The van der Waals surface area contributed by atoms with Gasteiger partial charge < -0.3 is 15.6 Å². The van der Waals surface area contributed by atoms with Gasteiger partial charge in [0, 0.05) is 0 Å². The standard InChI is InChI=1S/C9H13N3O3/c1-3-5(2)15-7-6(8(13)14)4-11-9(10)12-7/h4-5H,3H2,1-2H3,(H,13,14)(H2,10,11,12). The first-order valence-corrected chi connectivity index (χ1v) is 4.57. The molecule has 1 atom stereocenters. The van der Waals surface area contributed by atoms with Crippen LogP contribution in [0.3, 0.4) is 0 Å². The van der Waals surface area contributed by atoms with Crippen LogP contribution in [0.2, 0.25) is 0 Å². The molecule has 0 aliphatic heterocycles. The van der Waals surface area contributed by atoms with Crippen molar-refractivity contribution in [3.05, 3.63) is 11.8 Å². The summed E-state index contributed by atoms with van der Waals surface area (Å²) in [7, 11) is 0. The van der Waals surface area contributed by atoms with E-state index in [1.54, 1.807) is 0 Å². The van der Waals surface area contributed by atoms with Gasteiger partial charge in [0.05, 0.1) is 12.3 Å². The van der Waals surface area contributed by atoms with Crippen LogP contribution >= 0.6 is 0 Å². The highest BCUT2D eigenvalue weighted by atomic mass is 16.5. The fourth-order valence-electron chi connectivity index (χ4n) is 0.889. The number of carboxylic acid groups (broad SMARTS) is 1. The van der Waals surface area contributed by atoms with Crippen LogP contribution in [0.1, 0.15) is 30.6 Å². The summed E-state index contributed by atoms with van der Waals surface area (Å²) in [4.78, 5) is 18.1. The minimum absolute atomic E-state index is 0.00157. The summed E-state index contributed by atoms with van der Waals surface area (Å²) in [5.74, 6) is -1.11. The van der Waals surface area contributed by atoms with Crippen LogP contribution in [0.5, 0.6) is 5.88 Å². The van der Waals surface area contributed by atoms with E-state index in [9.17, 15) is 4.79 Å². The maximum absolute atomic E-state index is 10.8. The highest BCUT2D eigenvalue weighted by molar-refractivity contribution is 5.89. The van der Waals surface area contributed by atoms with Gasteiger partial charge in [0.2, 0.25) is 11.8 Å². The van der Waals surface area contributed by atoms with Crippen molar-refractivity contribution in [3.8, 4) is 5.88 Å². The molecule has 82 valence electrons. The summed E-state index contributed by atoms with van der Waals surface area (Å²) >= 11 is 0. The molecule has 0 saturated heterocycles. The third kappa shape index (κ3) is 2.80. The van der Waals surface area contributed by atoms with E-state index in [4.69, 9.17) is 15.6 Å². The molecule has 0 spiro atoms. The Morgan fingerprint density at radius 2 is 2.40 bits per heavy atom. The number of carboxylic acids is 1. The normalized spacial score (nSPS) is 12.1. The van der Waals surface area contributed by atoms with E-state index in [1.165, 1.54) is 0 Å². The molecule has 6 heteroatoms. The van der Waals surface area contributed by atoms with Crippen LogP contribution in [0.15, 0.2) is 6.20 Å². The lowest BCUT2D eigenvalue weighted by Gasteiger charge is -2.13. The van der Waals surface area contributed by atoms with E-state index in [1.807, 2.05) is 13.8 Å². The molecule has 1 heterocycles. The Hall–Kier alpha value is -1.85. The van der Waals surface area contributed by atoms with Crippen molar-refractivity contribution in [1.82, 2.24) is 9.97 Å². The van der Waals surface area contributed by atoms with E-state index in [0.717, 1.165) is 12.6 Å². The molecule has 1 aromatic heterocycles. The number of carbonyl (C=O) groups is 1. The van der Waals surface area contributed by atoms with Crippen molar-refractivity contribution in [2.45, 2.75) is 26.4 Å². The molecule has 0 saturated carbocycles. The van der Waals surface area contributed by atoms with Crippen LogP contribution in [0.4, 0.5) is 5.95 Å². The summed E-state index contributed by atoms with van der Waals surface area (Å²) in [6, 6.07) is 0. The molecule has 0 aliphatic carbocycles. The lowest BCUT2D eigenvalue weighted by atomic mass is 10.3. The van der Waals surface area contributed by atoms with Gasteiger partial charge in [-0.2, -0.15) is 4.98 Å². The molecular weight excluding hydrogens is 198 g/mol. The predicted octanol–water partition coefficient (Wildman–Crippen LogP) is 0.934. The van der Waals surface area contributed by atoms with E-state index < -0.39 is 5.97 Å². The zero-order chi connectivity index (χ0) is 11.4. The van der Waals surface area contributed by atoms with Gasteiger partial charge in [0.15, 0.2) is 0 Å². The summed E-state index contributed by atoms with van der Waals surface area (Å²) in [6.45, 7) is 3.75. The Bertz CT molecular complexity index is 368. The molecule has 0 aliphatic rings. The van der Waals surface area contributed by atoms with Crippen LogP contribution in [-0.4, -0.2) is 27.1 Å². The molecular formula is C9H13N3O3. The van der Waals surface area contributed by atoms with E-state index >= 15 is 0 Å². The highest BCUT2D eigenvalue weighted by Crippen LogP contribution is 2.17. The van der Waals surface area contributed by atoms with Crippen molar-refractivity contribution in [2.75, 3.05) is 5.73 Å². The fraction of sp³-hybridized carbons (Fsp3) is 0.444. The van der Waals surface area contributed by atoms with Crippen molar-refractivity contribution in [2.24, 2.45) is 0 Å². The zero-order valence-corrected chi connectivity index (χ0v) is 8.60. The number of hydrogen-bond donors (Lipinski definition) is 2. The van der Waals surface area contributed by atoms with Gasteiger partial charge in [-0.1, -0.05) is 6.92 Å². The molecule has 1 aromatic rings. The van der Waals surface area contributed by atoms with Crippen LogP contribution in [-0.2, 0) is 0 Å². The average Bonchev–Trinajstić information content (AvgIpc) is 2.17. The van der Waals surface area contributed by atoms with Gasteiger partial charge >= 0.3 is 5.97 Å². The third-order valence-corrected chi connectivity index (χ3v) is 1.89. The maximum Gasteiger partial charge on any atom is 0.342 e. The third-order valence-electron chi connectivity index (χ3n) is 1.89. The molecule has 1 rings (SSSR count). The van der Waals surface area contributed by atoms with Gasteiger partial charge in [0.1, 0.15) is 5.56 Å². The molecule has 15 heavy (non-hydrogen) atoms. The van der Waals surface area contributed by atoms with Gasteiger partial charge in [-0.05, 0) is 13.3 Å². The number of nitrogen functional groups attached to an aromatic ring is 1. The number of ether oxygens (including phenoxy) is 1. The molecule has 0 fully saturated rings. The van der Waals surface area contributed by atoms with Gasteiger partial charge in [0.25, 0.3) is 0 Å². The largest absolute Gasteiger partial charge is 0.477 e. The number of nitrogens with zero attached hydrogens (tertiary/aromatic N) is 2. The summed E-state index contributed by atoms with van der Waals surface area (Å²) < 4.78 is 5.32.